The number of benzene rings is 2. The minimum atomic E-state index is -0.985. The molecule has 7 heteroatoms. The zero-order valence-electron chi connectivity index (χ0n) is 16.0. The van der Waals surface area contributed by atoms with Gasteiger partial charge in [-0.1, -0.05) is 12.1 Å². The quantitative estimate of drug-likeness (QED) is 0.640. The molecular weight excluding hydrogens is 392 g/mol. The fourth-order valence-corrected chi connectivity index (χ4v) is 3.50. The van der Waals surface area contributed by atoms with E-state index in [0.717, 1.165) is 18.7 Å². The number of nitriles is 1. The SMILES string of the molecule is Cl.N#Cc1ccc(CCC(Oc2ccc(C(=O)O)cc2)C2(O)CCNCC2)cc1. The summed E-state index contributed by atoms with van der Waals surface area (Å²) in [4.78, 5) is 11.0. The van der Waals surface area contributed by atoms with Crippen LogP contribution in [-0.4, -0.2) is 41.0 Å². The van der Waals surface area contributed by atoms with E-state index >= 15 is 0 Å². The van der Waals surface area contributed by atoms with E-state index < -0.39 is 17.7 Å². The summed E-state index contributed by atoms with van der Waals surface area (Å²) < 4.78 is 6.14. The van der Waals surface area contributed by atoms with Crippen LogP contribution in [0.15, 0.2) is 48.5 Å². The van der Waals surface area contributed by atoms with Gasteiger partial charge in [-0.05, 0) is 80.7 Å². The second-order valence-corrected chi connectivity index (χ2v) is 7.14. The van der Waals surface area contributed by atoms with Gasteiger partial charge < -0.3 is 20.3 Å². The summed E-state index contributed by atoms with van der Waals surface area (Å²) in [7, 11) is 0. The molecule has 6 nitrogen and oxygen atoms in total. The number of nitrogens with zero attached hydrogens (tertiary/aromatic N) is 1. The number of aromatic carboxylic acids is 1. The molecule has 1 unspecified atom stereocenters. The third-order valence-electron chi connectivity index (χ3n) is 5.23. The largest absolute Gasteiger partial charge is 0.487 e. The average Bonchev–Trinajstić information content (AvgIpc) is 2.72. The summed E-state index contributed by atoms with van der Waals surface area (Å²) in [6.07, 6.45) is 2.10. The van der Waals surface area contributed by atoms with Crippen LogP contribution in [0.1, 0.15) is 40.7 Å². The number of carboxylic acids is 1. The first-order chi connectivity index (χ1) is 13.5. The van der Waals surface area contributed by atoms with Gasteiger partial charge in [-0.3, -0.25) is 0 Å². The molecule has 0 radical (unpaired) electrons. The van der Waals surface area contributed by atoms with Crippen molar-refractivity contribution in [2.24, 2.45) is 0 Å². The lowest BCUT2D eigenvalue weighted by molar-refractivity contribution is -0.0834. The Balaban J connectivity index is 0.00000300. The van der Waals surface area contributed by atoms with Gasteiger partial charge in [0.15, 0.2) is 0 Å². The summed E-state index contributed by atoms with van der Waals surface area (Å²) in [6, 6.07) is 15.8. The van der Waals surface area contributed by atoms with Crippen molar-refractivity contribution < 1.29 is 19.7 Å². The topological polar surface area (TPSA) is 103 Å². The van der Waals surface area contributed by atoms with Gasteiger partial charge in [0.1, 0.15) is 17.5 Å². The lowest BCUT2D eigenvalue weighted by atomic mass is 9.84. The third kappa shape index (κ3) is 5.94. The highest BCUT2D eigenvalue weighted by molar-refractivity contribution is 5.87. The summed E-state index contributed by atoms with van der Waals surface area (Å²) in [5.74, 6) is -0.442. The van der Waals surface area contributed by atoms with Crippen molar-refractivity contribution in [1.82, 2.24) is 5.32 Å². The average molecular weight is 417 g/mol. The van der Waals surface area contributed by atoms with Crippen LogP contribution in [-0.2, 0) is 6.42 Å². The zero-order valence-corrected chi connectivity index (χ0v) is 16.8. The predicted molar refractivity (Wildman–Crippen MR) is 112 cm³/mol. The molecule has 1 heterocycles. The number of halogens is 1. The summed E-state index contributed by atoms with van der Waals surface area (Å²) in [5.41, 5.74) is 0.948. The van der Waals surface area contributed by atoms with E-state index in [9.17, 15) is 9.90 Å². The minimum Gasteiger partial charge on any atom is -0.487 e. The van der Waals surface area contributed by atoms with Gasteiger partial charge in [0.05, 0.1) is 17.2 Å². The highest BCUT2D eigenvalue weighted by Gasteiger charge is 2.39. The van der Waals surface area contributed by atoms with E-state index in [1.807, 2.05) is 12.1 Å². The van der Waals surface area contributed by atoms with E-state index in [0.29, 0.717) is 37.0 Å². The van der Waals surface area contributed by atoms with Gasteiger partial charge in [0, 0.05) is 0 Å². The highest BCUT2D eigenvalue weighted by Crippen LogP contribution is 2.29. The van der Waals surface area contributed by atoms with E-state index in [1.165, 1.54) is 12.1 Å². The number of aliphatic hydroxyl groups is 1. The normalized spacial score (nSPS) is 16.1. The van der Waals surface area contributed by atoms with Gasteiger partial charge in [0.2, 0.25) is 0 Å². The minimum absolute atomic E-state index is 0. The van der Waals surface area contributed by atoms with Crippen LogP contribution in [0.3, 0.4) is 0 Å². The zero-order chi connectivity index (χ0) is 20.0. The number of piperidine rings is 1. The van der Waals surface area contributed by atoms with Gasteiger partial charge >= 0.3 is 5.97 Å². The van der Waals surface area contributed by atoms with Gasteiger partial charge in [-0.2, -0.15) is 5.26 Å². The molecule has 2 aromatic rings. The molecule has 2 aromatic carbocycles. The van der Waals surface area contributed by atoms with Crippen molar-refractivity contribution in [3.05, 3.63) is 65.2 Å². The molecule has 29 heavy (non-hydrogen) atoms. The molecule has 1 saturated heterocycles. The molecule has 0 aliphatic carbocycles. The second kappa shape index (κ2) is 10.3. The Morgan fingerprint density at radius 3 is 2.31 bits per heavy atom. The molecule has 1 aliphatic heterocycles. The van der Waals surface area contributed by atoms with E-state index in [1.54, 1.807) is 24.3 Å². The maximum absolute atomic E-state index is 11.2. The maximum atomic E-state index is 11.2. The Morgan fingerprint density at radius 2 is 1.76 bits per heavy atom. The molecule has 1 aliphatic rings. The number of hydrogen-bond donors (Lipinski definition) is 3. The molecule has 0 spiro atoms. The predicted octanol–water partition coefficient (Wildman–Crippen LogP) is 3.17. The Morgan fingerprint density at radius 1 is 1.14 bits per heavy atom. The van der Waals surface area contributed by atoms with Crippen molar-refractivity contribution in [2.45, 2.75) is 37.4 Å². The molecule has 0 saturated carbocycles. The van der Waals surface area contributed by atoms with Crippen molar-refractivity contribution >= 4 is 18.4 Å². The molecular formula is C22H25ClN2O4. The standard InChI is InChI=1S/C22H24N2O4.ClH/c23-15-17-3-1-16(2-4-17)5-10-20(22(27)11-13-24-14-12-22)28-19-8-6-18(7-9-19)21(25)26;/h1-4,6-9,20,24,27H,5,10-14H2,(H,25,26);1H. The lowest BCUT2D eigenvalue weighted by Crippen LogP contribution is -2.52. The fraction of sp³-hybridized carbons (Fsp3) is 0.364. The van der Waals surface area contributed by atoms with Crippen LogP contribution < -0.4 is 10.1 Å². The van der Waals surface area contributed by atoms with Crippen LogP contribution in [0.5, 0.6) is 5.75 Å². The van der Waals surface area contributed by atoms with E-state index in [4.69, 9.17) is 15.1 Å². The molecule has 1 atom stereocenters. The Kier molecular flexibility index (Phi) is 8.03. The molecule has 0 aromatic heterocycles. The second-order valence-electron chi connectivity index (χ2n) is 7.14. The number of rotatable bonds is 7. The van der Waals surface area contributed by atoms with Crippen LogP contribution in [0.25, 0.3) is 0 Å². The van der Waals surface area contributed by atoms with Gasteiger partial charge in [-0.25, -0.2) is 4.79 Å². The number of carbonyl (C=O) groups is 1. The number of hydrogen-bond acceptors (Lipinski definition) is 5. The monoisotopic (exact) mass is 416 g/mol. The van der Waals surface area contributed by atoms with Crippen LogP contribution in [0.2, 0.25) is 0 Å². The van der Waals surface area contributed by atoms with Gasteiger partial charge in [0.25, 0.3) is 0 Å². The Hall–Kier alpha value is -2.59. The number of carboxylic acid groups (broad SMARTS) is 1. The Labute approximate surface area is 176 Å². The van der Waals surface area contributed by atoms with E-state index in [2.05, 4.69) is 11.4 Å². The summed E-state index contributed by atoms with van der Waals surface area (Å²) in [6.45, 7) is 1.45. The lowest BCUT2D eigenvalue weighted by Gasteiger charge is -2.39. The number of ether oxygens (including phenoxy) is 1. The smallest absolute Gasteiger partial charge is 0.335 e. The van der Waals surface area contributed by atoms with Crippen molar-refractivity contribution in [3.8, 4) is 11.8 Å². The Bertz CT molecular complexity index is 841. The molecule has 3 N–H and O–H groups in total. The summed E-state index contributed by atoms with van der Waals surface area (Å²) >= 11 is 0. The molecule has 3 rings (SSSR count). The van der Waals surface area contributed by atoms with E-state index in [-0.39, 0.29) is 18.0 Å². The highest BCUT2D eigenvalue weighted by atomic mass is 35.5. The molecule has 1 fully saturated rings. The third-order valence-corrected chi connectivity index (χ3v) is 5.23. The van der Waals surface area contributed by atoms with Crippen molar-refractivity contribution in [3.63, 3.8) is 0 Å². The van der Waals surface area contributed by atoms with Gasteiger partial charge in [-0.15, -0.1) is 12.4 Å². The molecule has 154 valence electrons. The van der Waals surface area contributed by atoms with Crippen molar-refractivity contribution in [2.75, 3.05) is 13.1 Å². The number of nitrogens with one attached hydrogen (secondary N) is 1. The molecule has 0 bridgehead atoms. The first-order valence-corrected chi connectivity index (χ1v) is 9.42. The van der Waals surface area contributed by atoms with Crippen LogP contribution in [0, 0.1) is 11.3 Å². The first kappa shape index (κ1) is 22.7. The van der Waals surface area contributed by atoms with Crippen LogP contribution in [0.4, 0.5) is 0 Å². The van der Waals surface area contributed by atoms with Crippen molar-refractivity contribution in [1.29, 1.82) is 5.26 Å². The fourth-order valence-electron chi connectivity index (χ4n) is 3.50. The summed E-state index contributed by atoms with van der Waals surface area (Å²) in [5, 5.41) is 32.4. The molecule has 0 amide bonds. The maximum Gasteiger partial charge on any atom is 0.335 e. The first-order valence-electron chi connectivity index (χ1n) is 9.42. The van der Waals surface area contributed by atoms with Crippen LogP contribution >= 0.6 is 12.4 Å². The number of aryl methyl sites for hydroxylation is 1.